The molecule has 2 aromatic rings. The average molecular weight is 388 g/mol. The number of ether oxygens (including phenoxy) is 1. The maximum Gasteiger partial charge on any atom is 0.246 e. The highest BCUT2D eigenvalue weighted by Crippen LogP contribution is 2.26. The third kappa shape index (κ3) is 4.98. The molecule has 0 atom stereocenters. The molecule has 0 bridgehead atoms. The van der Waals surface area contributed by atoms with Gasteiger partial charge >= 0.3 is 0 Å². The lowest BCUT2D eigenvalue weighted by atomic mass is 9.97. The van der Waals surface area contributed by atoms with E-state index < -0.39 is 0 Å². The van der Waals surface area contributed by atoms with E-state index in [1.54, 1.807) is 17.1 Å². The van der Waals surface area contributed by atoms with Crippen LogP contribution in [-0.2, 0) is 9.53 Å². The molecular formula is C21H19Cl2NO2. The molecule has 2 aromatic carbocycles. The lowest BCUT2D eigenvalue weighted by Gasteiger charge is -2.25. The Kier molecular flexibility index (Phi) is 6.51. The van der Waals surface area contributed by atoms with Gasteiger partial charge < -0.3 is 9.64 Å². The van der Waals surface area contributed by atoms with Crippen molar-refractivity contribution in [3.8, 4) is 0 Å². The Morgan fingerprint density at radius 1 is 0.885 bits per heavy atom. The Bertz CT molecular complexity index is 757. The van der Waals surface area contributed by atoms with Gasteiger partial charge in [0.25, 0.3) is 0 Å². The highest BCUT2D eigenvalue weighted by Gasteiger charge is 2.13. The molecule has 1 heterocycles. The number of carbonyl (C=O) groups excluding carboxylic acids is 1. The van der Waals surface area contributed by atoms with Crippen molar-refractivity contribution in [2.45, 2.75) is 0 Å². The van der Waals surface area contributed by atoms with E-state index in [1.165, 1.54) is 0 Å². The summed E-state index contributed by atoms with van der Waals surface area (Å²) in [5.74, 6) is -0.00360. The van der Waals surface area contributed by atoms with Gasteiger partial charge in [0, 0.05) is 29.2 Å². The van der Waals surface area contributed by atoms with Gasteiger partial charge in [0.2, 0.25) is 5.91 Å². The van der Waals surface area contributed by atoms with Gasteiger partial charge in [-0.25, -0.2) is 0 Å². The Morgan fingerprint density at radius 3 is 1.88 bits per heavy atom. The topological polar surface area (TPSA) is 29.5 Å². The van der Waals surface area contributed by atoms with Gasteiger partial charge in [0.1, 0.15) is 0 Å². The lowest BCUT2D eigenvalue weighted by molar-refractivity contribution is -0.129. The van der Waals surface area contributed by atoms with Crippen molar-refractivity contribution >= 4 is 34.7 Å². The molecule has 0 radical (unpaired) electrons. The van der Waals surface area contributed by atoms with E-state index in [4.69, 9.17) is 27.9 Å². The van der Waals surface area contributed by atoms with Crippen LogP contribution < -0.4 is 0 Å². The summed E-state index contributed by atoms with van der Waals surface area (Å²) in [6, 6.07) is 15.2. The summed E-state index contributed by atoms with van der Waals surface area (Å²) >= 11 is 12.0. The van der Waals surface area contributed by atoms with Crippen molar-refractivity contribution in [3.05, 3.63) is 87.9 Å². The number of morpholine rings is 1. The Hall–Kier alpha value is -2.07. The number of hydrogen-bond donors (Lipinski definition) is 0. The number of halogens is 2. The molecule has 134 valence electrons. The summed E-state index contributed by atoms with van der Waals surface area (Å²) in [5, 5.41) is 1.37. The second-order valence-electron chi connectivity index (χ2n) is 5.89. The molecule has 1 aliphatic rings. The van der Waals surface area contributed by atoms with Gasteiger partial charge in [0.15, 0.2) is 0 Å². The Morgan fingerprint density at radius 2 is 1.38 bits per heavy atom. The number of carbonyl (C=O) groups is 1. The van der Waals surface area contributed by atoms with Crippen molar-refractivity contribution in [1.29, 1.82) is 0 Å². The van der Waals surface area contributed by atoms with Crippen molar-refractivity contribution in [2.75, 3.05) is 26.3 Å². The molecular weight excluding hydrogens is 369 g/mol. The minimum absolute atomic E-state index is 0.00360. The Labute approximate surface area is 163 Å². The minimum atomic E-state index is -0.00360. The molecule has 0 aromatic heterocycles. The molecule has 3 rings (SSSR count). The fourth-order valence-corrected chi connectivity index (χ4v) is 2.99. The first-order valence-electron chi connectivity index (χ1n) is 8.40. The van der Waals surface area contributed by atoms with Crippen LogP contribution in [0.2, 0.25) is 10.0 Å². The van der Waals surface area contributed by atoms with Crippen LogP contribution in [0.3, 0.4) is 0 Å². The van der Waals surface area contributed by atoms with Crippen LogP contribution in [0.15, 0.2) is 66.8 Å². The summed E-state index contributed by atoms with van der Waals surface area (Å²) in [5.41, 5.74) is 3.02. The van der Waals surface area contributed by atoms with Gasteiger partial charge in [-0.3, -0.25) is 4.79 Å². The second kappa shape index (κ2) is 9.04. The van der Waals surface area contributed by atoms with E-state index in [2.05, 4.69) is 0 Å². The predicted molar refractivity (Wildman–Crippen MR) is 107 cm³/mol. The van der Waals surface area contributed by atoms with Gasteiger partial charge in [-0.2, -0.15) is 0 Å². The first kappa shape index (κ1) is 18.7. The normalized spacial score (nSPS) is 14.5. The maximum absolute atomic E-state index is 12.3. The summed E-state index contributed by atoms with van der Waals surface area (Å²) in [6.45, 7) is 2.45. The van der Waals surface area contributed by atoms with Crippen LogP contribution in [0.5, 0.6) is 0 Å². The van der Waals surface area contributed by atoms with Crippen LogP contribution in [-0.4, -0.2) is 37.1 Å². The van der Waals surface area contributed by atoms with Crippen LogP contribution in [0.1, 0.15) is 11.1 Å². The van der Waals surface area contributed by atoms with Crippen LogP contribution in [0.25, 0.3) is 5.57 Å². The van der Waals surface area contributed by atoms with E-state index in [9.17, 15) is 4.79 Å². The summed E-state index contributed by atoms with van der Waals surface area (Å²) in [7, 11) is 0. The second-order valence-corrected chi connectivity index (χ2v) is 6.76. The monoisotopic (exact) mass is 387 g/mol. The number of allylic oxidation sites excluding steroid dienone is 2. The quantitative estimate of drug-likeness (QED) is 0.554. The molecule has 0 N–H and O–H groups in total. The van der Waals surface area contributed by atoms with E-state index in [0.717, 1.165) is 16.7 Å². The highest BCUT2D eigenvalue weighted by molar-refractivity contribution is 6.31. The minimum Gasteiger partial charge on any atom is -0.378 e. The highest BCUT2D eigenvalue weighted by atomic mass is 35.5. The fraction of sp³-hybridized carbons (Fsp3) is 0.190. The molecule has 1 aliphatic heterocycles. The molecule has 0 saturated carbocycles. The number of amides is 1. The lowest BCUT2D eigenvalue weighted by Crippen LogP contribution is -2.39. The third-order valence-corrected chi connectivity index (χ3v) is 4.64. The van der Waals surface area contributed by atoms with Crippen molar-refractivity contribution in [3.63, 3.8) is 0 Å². The molecule has 26 heavy (non-hydrogen) atoms. The first-order chi connectivity index (χ1) is 12.6. The predicted octanol–water partition coefficient (Wildman–Crippen LogP) is 4.84. The van der Waals surface area contributed by atoms with Crippen LogP contribution in [0.4, 0.5) is 0 Å². The van der Waals surface area contributed by atoms with Gasteiger partial charge in [-0.15, -0.1) is 0 Å². The smallest absolute Gasteiger partial charge is 0.246 e. The molecule has 1 amide bonds. The number of nitrogens with zero attached hydrogens (tertiary/aromatic N) is 1. The van der Waals surface area contributed by atoms with Gasteiger partial charge in [-0.1, -0.05) is 59.6 Å². The van der Waals surface area contributed by atoms with E-state index >= 15 is 0 Å². The zero-order valence-corrected chi connectivity index (χ0v) is 15.7. The number of hydrogen-bond acceptors (Lipinski definition) is 2. The molecule has 1 fully saturated rings. The van der Waals surface area contributed by atoms with E-state index in [0.29, 0.717) is 36.3 Å². The molecule has 0 aliphatic carbocycles. The van der Waals surface area contributed by atoms with E-state index in [1.807, 2.05) is 54.6 Å². The van der Waals surface area contributed by atoms with E-state index in [-0.39, 0.29) is 5.91 Å². The van der Waals surface area contributed by atoms with Crippen molar-refractivity contribution in [1.82, 2.24) is 4.90 Å². The SMILES string of the molecule is O=C(/C=C/C=C(c1ccc(Cl)cc1)c1ccc(Cl)cc1)N1CCOCC1. The standard InChI is InChI=1S/C21H19Cl2NO2/c22-18-8-4-16(5-9-18)20(17-6-10-19(23)11-7-17)2-1-3-21(25)24-12-14-26-15-13-24/h1-11H,12-15H2/b3-1+. The Balaban J connectivity index is 1.85. The number of rotatable bonds is 4. The number of benzene rings is 2. The molecule has 5 heteroatoms. The largest absolute Gasteiger partial charge is 0.378 e. The fourth-order valence-electron chi connectivity index (χ4n) is 2.73. The molecule has 0 spiro atoms. The zero-order valence-electron chi connectivity index (χ0n) is 14.2. The molecule has 3 nitrogen and oxygen atoms in total. The van der Waals surface area contributed by atoms with Crippen LogP contribution >= 0.6 is 23.2 Å². The van der Waals surface area contributed by atoms with Crippen molar-refractivity contribution < 1.29 is 9.53 Å². The molecule has 0 unspecified atom stereocenters. The first-order valence-corrected chi connectivity index (χ1v) is 9.16. The van der Waals surface area contributed by atoms with Gasteiger partial charge in [0.05, 0.1) is 13.2 Å². The third-order valence-electron chi connectivity index (χ3n) is 4.13. The van der Waals surface area contributed by atoms with Crippen molar-refractivity contribution in [2.24, 2.45) is 0 Å². The molecule has 1 saturated heterocycles. The van der Waals surface area contributed by atoms with Gasteiger partial charge in [-0.05, 0) is 41.0 Å². The maximum atomic E-state index is 12.3. The average Bonchev–Trinajstić information content (AvgIpc) is 2.68. The zero-order chi connectivity index (χ0) is 18.4. The summed E-state index contributed by atoms with van der Waals surface area (Å²) < 4.78 is 5.28. The van der Waals surface area contributed by atoms with Crippen LogP contribution in [0, 0.1) is 0 Å². The summed E-state index contributed by atoms with van der Waals surface area (Å²) in [4.78, 5) is 14.1. The summed E-state index contributed by atoms with van der Waals surface area (Å²) in [6.07, 6.45) is 5.32.